The summed E-state index contributed by atoms with van der Waals surface area (Å²) >= 11 is 0. The molecule has 1 heteroatoms. The van der Waals surface area contributed by atoms with Gasteiger partial charge in [-0.25, -0.2) is 0 Å². The van der Waals surface area contributed by atoms with Gasteiger partial charge in [0.15, 0.2) is 0 Å². The zero-order valence-electron chi connectivity index (χ0n) is 10.1. The van der Waals surface area contributed by atoms with E-state index >= 15 is 0 Å². The van der Waals surface area contributed by atoms with Gasteiger partial charge in [0, 0.05) is 13.1 Å². The average molecular weight is 193 g/mol. The van der Waals surface area contributed by atoms with Gasteiger partial charge in [0.25, 0.3) is 0 Å². The molecule has 1 atom stereocenters. The van der Waals surface area contributed by atoms with Gasteiger partial charge in [-0.05, 0) is 19.3 Å². The summed E-state index contributed by atoms with van der Waals surface area (Å²) in [4.78, 5) is 2.27. The van der Waals surface area contributed by atoms with E-state index in [0.717, 1.165) is 24.7 Å². The van der Waals surface area contributed by atoms with Crippen LogP contribution in [0.2, 0.25) is 0 Å². The van der Waals surface area contributed by atoms with Crippen molar-refractivity contribution >= 4 is 0 Å². The smallest absolute Gasteiger partial charge is 0.0806 e. The predicted octanol–water partition coefficient (Wildman–Crippen LogP) is 3.28. The van der Waals surface area contributed by atoms with Crippen molar-refractivity contribution in [2.24, 2.45) is 5.92 Å². The molecule has 14 heavy (non-hydrogen) atoms. The Morgan fingerprint density at radius 1 is 1.50 bits per heavy atom. The molecular formula is C13H23N. The van der Waals surface area contributed by atoms with Gasteiger partial charge in [0.2, 0.25) is 0 Å². The van der Waals surface area contributed by atoms with Crippen LogP contribution in [-0.2, 0) is 0 Å². The summed E-state index contributed by atoms with van der Waals surface area (Å²) in [5.74, 6) is 6.67. The summed E-state index contributed by atoms with van der Waals surface area (Å²) < 4.78 is 0. The zero-order valence-corrected chi connectivity index (χ0v) is 10.1. The topological polar surface area (TPSA) is 3.24 Å². The fourth-order valence-corrected chi connectivity index (χ4v) is 1.40. The Hall–Kier alpha value is -0.900. The molecule has 0 radical (unpaired) electrons. The summed E-state index contributed by atoms with van der Waals surface area (Å²) in [5.41, 5.74) is 0.983. The third-order valence-corrected chi connectivity index (χ3v) is 2.07. The van der Waals surface area contributed by atoms with E-state index in [9.17, 15) is 0 Å². The van der Waals surface area contributed by atoms with E-state index in [2.05, 4.69) is 44.1 Å². The van der Waals surface area contributed by atoms with Crippen molar-refractivity contribution in [1.82, 2.24) is 4.90 Å². The largest absolute Gasteiger partial charge is 0.365 e. The lowest BCUT2D eigenvalue weighted by molar-refractivity contribution is 0.428. The third kappa shape index (κ3) is 4.97. The fraction of sp³-hybridized carbons (Fsp3) is 0.692. The Balaban J connectivity index is 0.000000500. The fourth-order valence-electron chi connectivity index (χ4n) is 1.40. The number of hydrogen-bond acceptors (Lipinski definition) is 1. The van der Waals surface area contributed by atoms with Gasteiger partial charge in [-0.2, -0.15) is 0 Å². The molecule has 1 aliphatic heterocycles. The number of likely N-dealkylation sites (tertiary alicyclic amines) is 1. The molecule has 1 unspecified atom stereocenters. The van der Waals surface area contributed by atoms with Crippen molar-refractivity contribution in [3.05, 3.63) is 12.3 Å². The van der Waals surface area contributed by atoms with Crippen LogP contribution in [0.25, 0.3) is 0 Å². The van der Waals surface area contributed by atoms with Crippen LogP contribution in [0.1, 0.15) is 40.5 Å². The number of rotatable bonds is 1. The first kappa shape index (κ1) is 13.1. The second-order valence-corrected chi connectivity index (χ2v) is 3.87. The maximum atomic E-state index is 3.91. The van der Waals surface area contributed by atoms with Gasteiger partial charge >= 0.3 is 0 Å². The summed E-state index contributed by atoms with van der Waals surface area (Å²) in [7, 11) is 0. The summed E-state index contributed by atoms with van der Waals surface area (Å²) in [5, 5.41) is 0. The molecule has 1 aliphatic rings. The highest BCUT2D eigenvalue weighted by molar-refractivity contribution is 5.24. The minimum Gasteiger partial charge on any atom is -0.365 e. The van der Waals surface area contributed by atoms with E-state index in [4.69, 9.17) is 0 Å². The molecule has 0 bridgehead atoms. The molecule has 0 aromatic rings. The van der Waals surface area contributed by atoms with E-state index in [1.54, 1.807) is 0 Å². The van der Waals surface area contributed by atoms with E-state index in [-0.39, 0.29) is 0 Å². The molecule has 0 N–H and O–H groups in total. The van der Waals surface area contributed by atoms with Crippen LogP contribution >= 0.6 is 0 Å². The van der Waals surface area contributed by atoms with Crippen molar-refractivity contribution < 1.29 is 0 Å². The van der Waals surface area contributed by atoms with Gasteiger partial charge in [0.05, 0.1) is 5.70 Å². The molecule has 0 aromatic heterocycles. The predicted molar refractivity (Wildman–Crippen MR) is 63.9 cm³/mol. The van der Waals surface area contributed by atoms with Crippen molar-refractivity contribution in [2.75, 3.05) is 13.1 Å². The SMILES string of the molecule is C=C(C#CC)N1CCC(C)C1.CCC. The monoisotopic (exact) mass is 193 g/mol. The van der Waals surface area contributed by atoms with Gasteiger partial charge in [-0.15, -0.1) is 0 Å². The van der Waals surface area contributed by atoms with Gasteiger partial charge in [-0.1, -0.05) is 45.6 Å². The highest BCUT2D eigenvalue weighted by Crippen LogP contribution is 2.18. The first-order valence-electron chi connectivity index (χ1n) is 5.52. The highest BCUT2D eigenvalue weighted by atomic mass is 15.1. The van der Waals surface area contributed by atoms with Gasteiger partial charge in [-0.3, -0.25) is 0 Å². The number of nitrogens with zero attached hydrogens (tertiary/aromatic N) is 1. The second-order valence-electron chi connectivity index (χ2n) is 3.87. The van der Waals surface area contributed by atoms with Crippen LogP contribution in [0.15, 0.2) is 12.3 Å². The van der Waals surface area contributed by atoms with E-state index in [1.807, 2.05) is 6.92 Å². The van der Waals surface area contributed by atoms with Crippen LogP contribution in [-0.4, -0.2) is 18.0 Å². The lowest BCUT2D eigenvalue weighted by Gasteiger charge is -2.15. The van der Waals surface area contributed by atoms with Crippen LogP contribution in [0.3, 0.4) is 0 Å². The highest BCUT2D eigenvalue weighted by Gasteiger charge is 2.18. The minimum atomic E-state index is 0.811. The van der Waals surface area contributed by atoms with E-state index < -0.39 is 0 Å². The first-order chi connectivity index (χ1) is 6.65. The number of hydrogen-bond donors (Lipinski definition) is 0. The summed E-state index contributed by atoms with van der Waals surface area (Å²) in [6.45, 7) is 14.6. The Bertz CT molecular complexity index is 219. The second kappa shape index (κ2) is 7.50. The van der Waals surface area contributed by atoms with E-state index in [0.29, 0.717) is 0 Å². The molecule has 1 saturated heterocycles. The third-order valence-electron chi connectivity index (χ3n) is 2.07. The molecular weight excluding hydrogens is 170 g/mol. The molecule has 0 spiro atoms. The molecule has 80 valence electrons. The first-order valence-corrected chi connectivity index (χ1v) is 5.52. The molecule has 0 aromatic carbocycles. The molecule has 0 aliphatic carbocycles. The van der Waals surface area contributed by atoms with Crippen LogP contribution in [0.4, 0.5) is 0 Å². The molecule has 1 nitrogen and oxygen atoms in total. The van der Waals surface area contributed by atoms with Crippen molar-refractivity contribution in [3.63, 3.8) is 0 Å². The van der Waals surface area contributed by atoms with Crippen LogP contribution < -0.4 is 0 Å². The molecule has 1 rings (SSSR count). The van der Waals surface area contributed by atoms with Crippen LogP contribution in [0, 0.1) is 17.8 Å². The lowest BCUT2D eigenvalue weighted by Crippen LogP contribution is -2.17. The Morgan fingerprint density at radius 3 is 2.43 bits per heavy atom. The minimum absolute atomic E-state index is 0.811. The van der Waals surface area contributed by atoms with Gasteiger partial charge < -0.3 is 4.90 Å². The maximum Gasteiger partial charge on any atom is 0.0806 e. The Kier molecular flexibility index (Phi) is 7.02. The van der Waals surface area contributed by atoms with Gasteiger partial charge in [0.1, 0.15) is 0 Å². The summed E-state index contributed by atoms with van der Waals surface area (Å²) in [6.07, 6.45) is 2.53. The van der Waals surface area contributed by atoms with Crippen molar-refractivity contribution in [2.45, 2.75) is 40.5 Å². The standard InChI is InChI=1S/C10H15N.C3H8/c1-4-5-10(3)11-7-6-9(2)8-11;1-3-2/h9H,3,6-8H2,1-2H3;3H2,1-2H3. The van der Waals surface area contributed by atoms with Crippen LogP contribution in [0.5, 0.6) is 0 Å². The van der Waals surface area contributed by atoms with Crippen molar-refractivity contribution in [3.8, 4) is 11.8 Å². The van der Waals surface area contributed by atoms with E-state index in [1.165, 1.54) is 12.8 Å². The lowest BCUT2D eigenvalue weighted by atomic mass is 10.2. The molecule has 1 heterocycles. The molecule has 0 amide bonds. The zero-order chi connectivity index (χ0) is 11.0. The Labute approximate surface area is 89.2 Å². The quantitative estimate of drug-likeness (QED) is 0.578. The summed E-state index contributed by atoms with van der Waals surface area (Å²) in [6, 6.07) is 0. The normalized spacial score (nSPS) is 19.1. The average Bonchev–Trinajstić information content (AvgIpc) is 2.54. The molecule has 0 saturated carbocycles. The maximum absolute atomic E-state index is 3.91. The van der Waals surface area contributed by atoms with Crippen molar-refractivity contribution in [1.29, 1.82) is 0 Å². The molecule has 1 fully saturated rings. The Morgan fingerprint density at radius 2 is 2.07 bits per heavy atom. The number of allylic oxidation sites excluding steroid dienone is 1.